The van der Waals surface area contributed by atoms with Crippen LogP contribution in [0.25, 0.3) is 11.0 Å². The maximum Gasteiger partial charge on any atom is 0.372 e. The van der Waals surface area contributed by atoms with Crippen molar-refractivity contribution in [3.63, 3.8) is 0 Å². The second-order valence-corrected chi connectivity index (χ2v) is 6.18. The minimum absolute atomic E-state index is 0.0693. The van der Waals surface area contributed by atoms with Crippen LogP contribution in [0.4, 0.5) is 0 Å². The van der Waals surface area contributed by atoms with Gasteiger partial charge in [-0.15, -0.1) is 0 Å². The maximum atomic E-state index is 11.3. The lowest BCUT2D eigenvalue weighted by atomic mass is 10.0. The number of rotatable bonds is 4. The summed E-state index contributed by atoms with van der Waals surface area (Å²) in [6.45, 7) is 7.17. The lowest BCUT2D eigenvalue weighted by Gasteiger charge is -2.26. The molecular weight excluding hydrogens is 278 g/mol. The first-order valence-corrected chi connectivity index (χ1v) is 8.10. The Hall–Kier alpha value is -1.81. The molecule has 1 saturated heterocycles. The van der Waals surface area contributed by atoms with Crippen molar-refractivity contribution in [3.05, 3.63) is 34.6 Å². The average Bonchev–Trinajstić information content (AvgIpc) is 2.85. The van der Waals surface area contributed by atoms with Crippen molar-refractivity contribution >= 4 is 16.9 Å². The van der Waals surface area contributed by atoms with E-state index in [4.69, 9.17) is 4.42 Å². The van der Waals surface area contributed by atoms with E-state index in [1.165, 1.54) is 24.8 Å². The Morgan fingerprint density at radius 1 is 1.27 bits per heavy atom. The molecule has 0 aliphatic carbocycles. The number of aryl methyl sites for hydroxylation is 2. The minimum Gasteiger partial charge on any atom is -0.475 e. The summed E-state index contributed by atoms with van der Waals surface area (Å²) in [5.74, 6) is -0.923. The van der Waals surface area contributed by atoms with Crippen LogP contribution in [0.3, 0.4) is 0 Å². The van der Waals surface area contributed by atoms with Gasteiger partial charge in [-0.3, -0.25) is 4.90 Å². The number of hydrogen-bond acceptors (Lipinski definition) is 3. The van der Waals surface area contributed by atoms with Gasteiger partial charge in [-0.1, -0.05) is 19.4 Å². The molecule has 1 aromatic carbocycles. The highest BCUT2D eigenvalue weighted by molar-refractivity contribution is 5.96. The minimum atomic E-state index is -0.992. The third kappa shape index (κ3) is 2.75. The molecule has 0 spiro atoms. The van der Waals surface area contributed by atoms with Crippen molar-refractivity contribution < 1.29 is 14.3 Å². The van der Waals surface area contributed by atoms with Crippen LogP contribution in [-0.4, -0.2) is 29.1 Å². The molecule has 1 aromatic heterocycles. The summed E-state index contributed by atoms with van der Waals surface area (Å²) in [6.07, 6.45) is 4.72. The van der Waals surface area contributed by atoms with Crippen molar-refractivity contribution in [2.45, 2.75) is 46.1 Å². The van der Waals surface area contributed by atoms with Gasteiger partial charge in [0.25, 0.3) is 0 Å². The van der Waals surface area contributed by atoms with E-state index in [1.807, 2.05) is 6.92 Å². The molecule has 0 bridgehead atoms. The number of carboxylic acid groups (broad SMARTS) is 1. The quantitative estimate of drug-likeness (QED) is 0.927. The number of aromatic carboxylic acids is 1. The number of piperidine rings is 1. The van der Waals surface area contributed by atoms with Crippen molar-refractivity contribution in [3.8, 4) is 0 Å². The molecule has 1 aliphatic heterocycles. The van der Waals surface area contributed by atoms with Crippen molar-refractivity contribution in [2.24, 2.45) is 0 Å². The van der Waals surface area contributed by atoms with Crippen molar-refractivity contribution in [1.82, 2.24) is 4.90 Å². The highest BCUT2D eigenvalue weighted by Gasteiger charge is 2.20. The van der Waals surface area contributed by atoms with Gasteiger partial charge >= 0.3 is 5.97 Å². The van der Waals surface area contributed by atoms with E-state index < -0.39 is 5.97 Å². The van der Waals surface area contributed by atoms with Gasteiger partial charge < -0.3 is 9.52 Å². The standard InChI is InChI=1S/C18H23NO3/c1-3-14-9-13(11-19-7-5-4-6-8-19)10-15-12(2)16(18(20)21)22-17(14)15/h9-10H,3-8,11H2,1-2H3,(H,20,21). The van der Waals surface area contributed by atoms with Gasteiger partial charge in [0, 0.05) is 17.5 Å². The molecule has 0 radical (unpaired) electrons. The number of furan rings is 1. The zero-order chi connectivity index (χ0) is 15.7. The first-order valence-electron chi connectivity index (χ1n) is 8.10. The fourth-order valence-corrected chi connectivity index (χ4v) is 3.39. The van der Waals surface area contributed by atoms with Gasteiger partial charge in [-0.25, -0.2) is 4.79 Å². The maximum absolute atomic E-state index is 11.3. The highest BCUT2D eigenvalue weighted by atomic mass is 16.4. The lowest BCUT2D eigenvalue weighted by Crippen LogP contribution is -2.29. The molecule has 2 heterocycles. The van der Waals surface area contributed by atoms with E-state index >= 15 is 0 Å². The Morgan fingerprint density at radius 3 is 2.64 bits per heavy atom. The van der Waals surface area contributed by atoms with Crippen LogP contribution >= 0.6 is 0 Å². The Bertz CT molecular complexity index is 696. The number of likely N-dealkylation sites (tertiary alicyclic amines) is 1. The molecule has 3 rings (SSSR count). The first kappa shape index (κ1) is 15.1. The highest BCUT2D eigenvalue weighted by Crippen LogP contribution is 2.30. The molecule has 1 fully saturated rings. The molecule has 0 saturated carbocycles. The van der Waals surface area contributed by atoms with E-state index in [0.717, 1.165) is 48.2 Å². The second kappa shape index (κ2) is 6.13. The molecule has 2 aromatic rings. The molecule has 1 N–H and O–H groups in total. The van der Waals surface area contributed by atoms with Gasteiger partial charge in [0.2, 0.25) is 5.76 Å². The summed E-state index contributed by atoms with van der Waals surface area (Å²) < 4.78 is 5.61. The summed E-state index contributed by atoms with van der Waals surface area (Å²) in [7, 11) is 0. The summed E-state index contributed by atoms with van der Waals surface area (Å²) in [5.41, 5.74) is 3.82. The van der Waals surface area contributed by atoms with E-state index in [9.17, 15) is 9.90 Å². The van der Waals surface area contributed by atoms with E-state index in [0.29, 0.717) is 0 Å². The second-order valence-electron chi connectivity index (χ2n) is 6.18. The van der Waals surface area contributed by atoms with E-state index in [1.54, 1.807) is 0 Å². The van der Waals surface area contributed by atoms with Gasteiger partial charge in [-0.05, 0) is 56.5 Å². The Kier molecular flexibility index (Phi) is 4.21. The zero-order valence-electron chi connectivity index (χ0n) is 13.3. The summed E-state index contributed by atoms with van der Waals surface area (Å²) >= 11 is 0. The average molecular weight is 301 g/mol. The number of carboxylic acids is 1. The number of nitrogens with zero attached hydrogens (tertiary/aromatic N) is 1. The van der Waals surface area contributed by atoms with Gasteiger partial charge in [-0.2, -0.15) is 0 Å². The summed E-state index contributed by atoms with van der Waals surface area (Å²) in [6, 6.07) is 4.28. The van der Waals surface area contributed by atoms with Crippen LogP contribution in [0.15, 0.2) is 16.5 Å². The predicted octanol–water partition coefficient (Wildman–Crippen LogP) is 3.99. The molecule has 1 aliphatic rings. The van der Waals surface area contributed by atoms with Gasteiger partial charge in [0.1, 0.15) is 5.58 Å². The first-order chi connectivity index (χ1) is 10.6. The molecule has 4 nitrogen and oxygen atoms in total. The fourth-order valence-electron chi connectivity index (χ4n) is 3.39. The van der Waals surface area contributed by atoms with Crippen LogP contribution in [-0.2, 0) is 13.0 Å². The topological polar surface area (TPSA) is 53.7 Å². The third-order valence-electron chi connectivity index (χ3n) is 4.60. The smallest absolute Gasteiger partial charge is 0.372 e. The van der Waals surface area contributed by atoms with Crippen molar-refractivity contribution in [1.29, 1.82) is 0 Å². The SMILES string of the molecule is CCc1cc(CN2CCCCC2)cc2c(C)c(C(=O)O)oc12. The normalized spacial score (nSPS) is 16.3. The van der Waals surface area contributed by atoms with Crippen LogP contribution in [0.1, 0.15) is 53.4 Å². The Morgan fingerprint density at radius 2 is 2.00 bits per heavy atom. The number of hydrogen-bond donors (Lipinski definition) is 1. The van der Waals surface area contributed by atoms with Crippen LogP contribution in [0, 0.1) is 6.92 Å². The van der Waals surface area contributed by atoms with E-state index in [-0.39, 0.29) is 5.76 Å². The number of carbonyl (C=O) groups is 1. The monoisotopic (exact) mass is 301 g/mol. The Labute approximate surface area is 130 Å². The molecule has 0 unspecified atom stereocenters. The molecule has 22 heavy (non-hydrogen) atoms. The van der Waals surface area contributed by atoms with E-state index in [2.05, 4.69) is 24.0 Å². The molecule has 118 valence electrons. The largest absolute Gasteiger partial charge is 0.475 e. The zero-order valence-corrected chi connectivity index (χ0v) is 13.3. The Balaban J connectivity index is 2.01. The summed E-state index contributed by atoms with van der Waals surface area (Å²) in [5, 5.41) is 10.2. The number of fused-ring (bicyclic) bond motifs is 1. The lowest BCUT2D eigenvalue weighted by molar-refractivity contribution is 0.0664. The number of benzene rings is 1. The fraction of sp³-hybridized carbons (Fsp3) is 0.500. The molecule has 0 amide bonds. The van der Waals surface area contributed by atoms with Crippen LogP contribution in [0.5, 0.6) is 0 Å². The predicted molar refractivity (Wildman–Crippen MR) is 86.4 cm³/mol. The van der Waals surface area contributed by atoms with Crippen LogP contribution in [0.2, 0.25) is 0 Å². The molecule has 4 heteroatoms. The molecule has 0 atom stereocenters. The summed E-state index contributed by atoms with van der Waals surface area (Å²) in [4.78, 5) is 13.8. The third-order valence-corrected chi connectivity index (χ3v) is 4.60. The van der Waals surface area contributed by atoms with Gasteiger partial charge in [0.05, 0.1) is 0 Å². The van der Waals surface area contributed by atoms with Gasteiger partial charge in [0.15, 0.2) is 0 Å². The van der Waals surface area contributed by atoms with Crippen molar-refractivity contribution in [2.75, 3.05) is 13.1 Å². The molecular formula is C18H23NO3. The van der Waals surface area contributed by atoms with Crippen LogP contribution < -0.4 is 0 Å².